The van der Waals surface area contributed by atoms with Crippen LogP contribution in [-0.2, 0) is 0 Å². The lowest BCUT2D eigenvalue weighted by Gasteiger charge is -2.15. The van der Waals surface area contributed by atoms with Gasteiger partial charge in [-0.15, -0.1) is 0 Å². The second-order valence-electron chi connectivity index (χ2n) is 4.14. The zero-order valence-electron chi connectivity index (χ0n) is 10.4. The lowest BCUT2D eigenvalue weighted by atomic mass is 9.97. The Morgan fingerprint density at radius 2 is 2.06 bits per heavy atom. The Balaban J connectivity index is 2.37. The van der Waals surface area contributed by atoms with Crippen molar-refractivity contribution in [3.05, 3.63) is 59.2 Å². The Morgan fingerprint density at radius 1 is 1.28 bits per heavy atom. The van der Waals surface area contributed by atoms with Crippen molar-refractivity contribution in [1.82, 2.24) is 4.98 Å². The second kappa shape index (κ2) is 5.14. The van der Waals surface area contributed by atoms with Crippen molar-refractivity contribution in [1.29, 1.82) is 0 Å². The molecule has 2 N–H and O–H groups in total. The van der Waals surface area contributed by atoms with Crippen LogP contribution in [0.1, 0.15) is 22.7 Å². The first-order valence-corrected chi connectivity index (χ1v) is 5.62. The average molecular weight is 246 g/mol. The molecule has 94 valence electrons. The molecule has 0 aliphatic carbocycles. The highest BCUT2D eigenvalue weighted by Gasteiger charge is 2.13. The number of nitrogens with two attached hydrogens (primary N) is 1. The van der Waals surface area contributed by atoms with E-state index in [2.05, 4.69) is 4.98 Å². The predicted octanol–water partition coefficient (Wildman–Crippen LogP) is 2.59. The summed E-state index contributed by atoms with van der Waals surface area (Å²) in [5, 5.41) is 0. The number of rotatable bonds is 3. The highest BCUT2D eigenvalue weighted by Crippen LogP contribution is 2.24. The van der Waals surface area contributed by atoms with Gasteiger partial charge in [0.1, 0.15) is 11.6 Å². The van der Waals surface area contributed by atoms with E-state index in [1.807, 2.05) is 13.0 Å². The van der Waals surface area contributed by atoms with Gasteiger partial charge in [-0.25, -0.2) is 4.39 Å². The molecule has 0 radical (unpaired) electrons. The first kappa shape index (κ1) is 12.5. The summed E-state index contributed by atoms with van der Waals surface area (Å²) in [6.45, 7) is 1.84. The number of pyridine rings is 1. The molecule has 4 heteroatoms. The number of aryl methyl sites for hydroxylation is 1. The molecular formula is C14H15FN2O. The molecule has 2 rings (SSSR count). The van der Waals surface area contributed by atoms with Crippen LogP contribution in [0.15, 0.2) is 36.7 Å². The summed E-state index contributed by atoms with van der Waals surface area (Å²) in [4.78, 5) is 4.07. The van der Waals surface area contributed by atoms with Crippen molar-refractivity contribution in [3.63, 3.8) is 0 Å². The molecule has 3 nitrogen and oxygen atoms in total. The minimum absolute atomic E-state index is 0.257. The highest BCUT2D eigenvalue weighted by atomic mass is 19.1. The summed E-state index contributed by atoms with van der Waals surface area (Å²) in [7, 11) is 1.58. The number of hydrogen-bond acceptors (Lipinski definition) is 3. The van der Waals surface area contributed by atoms with Crippen LogP contribution in [0.3, 0.4) is 0 Å². The van der Waals surface area contributed by atoms with Crippen LogP contribution >= 0.6 is 0 Å². The van der Waals surface area contributed by atoms with E-state index in [0.29, 0.717) is 5.75 Å². The summed E-state index contributed by atoms with van der Waals surface area (Å²) < 4.78 is 18.2. The molecule has 0 saturated carbocycles. The minimum Gasteiger partial charge on any atom is -0.495 e. The molecule has 1 aromatic carbocycles. The van der Waals surface area contributed by atoms with Crippen molar-refractivity contribution in [2.75, 3.05) is 7.11 Å². The fourth-order valence-corrected chi connectivity index (χ4v) is 1.88. The zero-order chi connectivity index (χ0) is 13.1. The molecule has 0 saturated heterocycles. The van der Waals surface area contributed by atoms with Crippen LogP contribution < -0.4 is 10.5 Å². The third kappa shape index (κ3) is 2.49. The maximum absolute atomic E-state index is 13.1. The van der Waals surface area contributed by atoms with Crippen molar-refractivity contribution in [3.8, 4) is 5.75 Å². The highest BCUT2D eigenvalue weighted by molar-refractivity contribution is 5.37. The van der Waals surface area contributed by atoms with Crippen molar-refractivity contribution in [2.45, 2.75) is 13.0 Å². The fraction of sp³-hybridized carbons (Fsp3) is 0.214. The molecule has 0 aliphatic heterocycles. The van der Waals surface area contributed by atoms with Crippen LogP contribution in [0, 0.1) is 12.7 Å². The number of methoxy groups -OCH3 is 1. The first-order valence-electron chi connectivity index (χ1n) is 5.62. The Kier molecular flexibility index (Phi) is 3.58. The molecule has 0 aliphatic rings. The normalized spacial score (nSPS) is 12.2. The van der Waals surface area contributed by atoms with Crippen molar-refractivity contribution >= 4 is 0 Å². The van der Waals surface area contributed by atoms with Gasteiger partial charge >= 0.3 is 0 Å². The van der Waals surface area contributed by atoms with E-state index >= 15 is 0 Å². The van der Waals surface area contributed by atoms with Crippen LogP contribution in [0.25, 0.3) is 0 Å². The maximum Gasteiger partial charge on any atom is 0.137 e. The standard InChI is InChI=1S/C14H15FN2O/c1-9-5-11(15)3-4-13(9)14(16)10-6-12(18-2)8-17-7-10/h3-8,14H,16H2,1-2H3. The van der Waals surface area contributed by atoms with Gasteiger partial charge in [0.05, 0.1) is 19.3 Å². The molecular weight excluding hydrogens is 231 g/mol. The molecule has 0 fully saturated rings. The second-order valence-corrected chi connectivity index (χ2v) is 4.14. The molecule has 0 bridgehead atoms. The third-order valence-corrected chi connectivity index (χ3v) is 2.90. The van der Waals surface area contributed by atoms with E-state index in [1.54, 1.807) is 25.6 Å². The van der Waals surface area contributed by atoms with Gasteiger partial charge in [-0.05, 0) is 41.8 Å². The molecule has 1 unspecified atom stereocenters. The Hall–Kier alpha value is -1.94. The lowest BCUT2D eigenvalue weighted by Crippen LogP contribution is -2.13. The van der Waals surface area contributed by atoms with Gasteiger partial charge < -0.3 is 10.5 Å². The molecule has 0 amide bonds. The van der Waals surface area contributed by atoms with Crippen LogP contribution in [0.5, 0.6) is 5.75 Å². The average Bonchev–Trinajstić information content (AvgIpc) is 2.38. The van der Waals surface area contributed by atoms with Gasteiger partial charge in [-0.1, -0.05) is 6.07 Å². The quantitative estimate of drug-likeness (QED) is 0.905. The fourth-order valence-electron chi connectivity index (χ4n) is 1.88. The minimum atomic E-state index is -0.340. The number of benzene rings is 1. The predicted molar refractivity (Wildman–Crippen MR) is 68.0 cm³/mol. The van der Waals surface area contributed by atoms with Gasteiger partial charge in [0, 0.05) is 6.20 Å². The van der Waals surface area contributed by atoms with Crippen molar-refractivity contribution < 1.29 is 9.13 Å². The van der Waals surface area contributed by atoms with E-state index in [1.165, 1.54) is 12.1 Å². The summed E-state index contributed by atoms with van der Waals surface area (Å²) in [5.74, 6) is 0.398. The number of halogens is 1. The molecule has 1 atom stereocenters. The van der Waals surface area contributed by atoms with E-state index in [0.717, 1.165) is 16.7 Å². The Labute approximate surface area is 105 Å². The molecule has 2 aromatic rings. The van der Waals surface area contributed by atoms with E-state index < -0.39 is 0 Å². The van der Waals surface area contributed by atoms with Gasteiger partial charge in [-0.2, -0.15) is 0 Å². The number of hydrogen-bond donors (Lipinski definition) is 1. The largest absolute Gasteiger partial charge is 0.495 e. The summed E-state index contributed by atoms with van der Waals surface area (Å²) >= 11 is 0. The van der Waals surface area contributed by atoms with Crippen LogP contribution in [-0.4, -0.2) is 12.1 Å². The van der Waals surface area contributed by atoms with Gasteiger partial charge in [0.15, 0.2) is 0 Å². The van der Waals surface area contributed by atoms with E-state index in [4.69, 9.17) is 10.5 Å². The van der Waals surface area contributed by atoms with Crippen molar-refractivity contribution in [2.24, 2.45) is 5.73 Å². The molecule has 0 spiro atoms. The maximum atomic E-state index is 13.1. The monoisotopic (exact) mass is 246 g/mol. The SMILES string of the molecule is COc1cncc(C(N)c2ccc(F)cc2C)c1. The summed E-state index contributed by atoms with van der Waals surface area (Å²) in [6.07, 6.45) is 3.31. The molecule has 18 heavy (non-hydrogen) atoms. The first-order chi connectivity index (χ1) is 8.61. The Bertz CT molecular complexity index is 557. The number of ether oxygens (including phenoxy) is 1. The van der Waals surface area contributed by atoms with E-state index in [-0.39, 0.29) is 11.9 Å². The van der Waals surface area contributed by atoms with E-state index in [9.17, 15) is 4.39 Å². The third-order valence-electron chi connectivity index (χ3n) is 2.90. The van der Waals surface area contributed by atoms with Crippen LogP contribution in [0.4, 0.5) is 4.39 Å². The van der Waals surface area contributed by atoms with Gasteiger partial charge in [-0.3, -0.25) is 4.98 Å². The zero-order valence-corrected chi connectivity index (χ0v) is 10.4. The topological polar surface area (TPSA) is 48.1 Å². The molecule has 1 heterocycles. The smallest absolute Gasteiger partial charge is 0.137 e. The lowest BCUT2D eigenvalue weighted by molar-refractivity contribution is 0.412. The number of nitrogens with zero attached hydrogens (tertiary/aromatic N) is 1. The number of aromatic nitrogens is 1. The summed E-state index contributed by atoms with van der Waals surface area (Å²) in [5.41, 5.74) is 8.72. The summed E-state index contributed by atoms with van der Waals surface area (Å²) in [6, 6.07) is 6.08. The van der Waals surface area contributed by atoms with Crippen LogP contribution in [0.2, 0.25) is 0 Å². The Morgan fingerprint density at radius 3 is 2.72 bits per heavy atom. The van der Waals surface area contributed by atoms with Gasteiger partial charge in [0.25, 0.3) is 0 Å². The molecule has 1 aromatic heterocycles. The van der Waals surface area contributed by atoms with Gasteiger partial charge in [0.2, 0.25) is 0 Å².